The first-order chi connectivity index (χ1) is 11.7. The number of carbonyl (C=O) groups excluding carboxylic acids is 1. The second kappa shape index (κ2) is 7.85. The zero-order valence-corrected chi connectivity index (χ0v) is 15.5. The number of aromatic nitrogens is 1. The number of likely N-dealkylation sites (N-methyl/N-ethyl adjacent to an activating group) is 1. The van der Waals surface area contributed by atoms with E-state index in [1.165, 1.54) is 26.3 Å². The minimum Gasteiger partial charge on any atom is -0.495 e. The van der Waals surface area contributed by atoms with Crippen LogP contribution in [0.2, 0.25) is 5.02 Å². The summed E-state index contributed by atoms with van der Waals surface area (Å²) >= 11 is 5.99. The summed E-state index contributed by atoms with van der Waals surface area (Å²) in [6.45, 7) is 1.32. The fourth-order valence-corrected chi connectivity index (χ4v) is 3.33. The molecule has 2 rings (SSSR count). The number of hydrogen-bond donors (Lipinski definition) is 1. The highest BCUT2D eigenvalue weighted by atomic mass is 35.5. The number of rotatable bonds is 7. The van der Waals surface area contributed by atoms with Gasteiger partial charge in [0, 0.05) is 18.8 Å². The lowest BCUT2D eigenvalue weighted by Gasteiger charge is -2.16. The fourth-order valence-electron chi connectivity index (χ4n) is 2.03. The van der Waals surface area contributed by atoms with Crippen LogP contribution >= 0.6 is 11.6 Å². The van der Waals surface area contributed by atoms with Crippen LogP contribution in [0.5, 0.6) is 5.75 Å². The van der Waals surface area contributed by atoms with Crippen LogP contribution < -0.4 is 10.1 Å². The van der Waals surface area contributed by atoms with Crippen LogP contribution in [-0.4, -0.2) is 44.5 Å². The highest BCUT2D eigenvalue weighted by Crippen LogP contribution is 2.27. The lowest BCUT2D eigenvalue weighted by Crippen LogP contribution is -2.35. The number of carbonyl (C=O) groups is 1. The molecule has 1 aromatic carbocycles. The van der Waals surface area contributed by atoms with Gasteiger partial charge in [-0.25, -0.2) is 8.42 Å². The van der Waals surface area contributed by atoms with Gasteiger partial charge in [-0.1, -0.05) is 16.8 Å². The molecule has 0 radical (unpaired) electrons. The van der Waals surface area contributed by atoms with Gasteiger partial charge >= 0.3 is 0 Å². The summed E-state index contributed by atoms with van der Waals surface area (Å²) in [5.74, 6) is 0.149. The van der Waals surface area contributed by atoms with E-state index in [-0.39, 0.29) is 18.0 Å². The Kier molecular flexibility index (Phi) is 6.04. The third-order valence-corrected chi connectivity index (χ3v) is 5.32. The molecule has 0 bridgehead atoms. The maximum Gasteiger partial charge on any atom is 0.239 e. The monoisotopic (exact) mass is 387 g/mol. The molecule has 0 atom stereocenters. The number of halogens is 1. The Bertz CT molecular complexity index is 866. The SMILES string of the molecule is COc1ccc(NC(=O)CN(C)S(=O)(=O)Cc2cc(C)on2)cc1Cl. The fraction of sp³-hybridized carbons (Fsp3) is 0.333. The number of aryl methyl sites for hydroxylation is 1. The Hall–Kier alpha value is -2.10. The van der Waals surface area contributed by atoms with Crippen molar-refractivity contribution in [3.8, 4) is 5.75 Å². The van der Waals surface area contributed by atoms with Gasteiger partial charge in [-0.05, 0) is 25.1 Å². The number of amides is 1. The maximum absolute atomic E-state index is 12.3. The molecular weight excluding hydrogens is 370 g/mol. The lowest BCUT2D eigenvalue weighted by molar-refractivity contribution is -0.116. The average Bonchev–Trinajstić information content (AvgIpc) is 2.91. The van der Waals surface area contributed by atoms with Crippen LogP contribution in [0.1, 0.15) is 11.5 Å². The van der Waals surface area contributed by atoms with Gasteiger partial charge in [0.1, 0.15) is 23.0 Å². The van der Waals surface area contributed by atoms with Gasteiger partial charge in [0.25, 0.3) is 0 Å². The Morgan fingerprint density at radius 2 is 2.12 bits per heavy atom. The minimum absolute atomic E-state index is 0.284. The molecule has 25 heavy (non-hydrogen) atoms. The third kappa shape index (κ3) is 5.18. The number of hydrogen-bond acceptors (Lipinski definition) is 6. The van der Waals surface area contributed by atoms with Gasteiger partial charge in [0.2, 0.25) is 15.9 Å². The highest BCUT2D eigenvalue weighted by Gasteiger charge is 2.23. The maximum atomic E-state index is 12.3. The number of nitrogens with one attached hydrogen (secondary N) is 1. The molecule has 0 aliphatic carbocycles. The van der Waals surface area contributed by atoms with Crippen LogP contribution in [-0.2, 0) is 20.6 Å². The third-order valence-electron chi connectivity index (χ3n) is 3.28. The molecule has 0 aliphatic rings. The van der Waals surface area contributed by atoms with Crippen LogP contribution in [0.3, 0.4) is 0 Å². The van der Waals surface area contributed by atoms with Gasteiger partial charge < -0.3 is 14.6 Å². The highest BCUT2D eigenvalue weighted by molar-refractivity contribution is 7.88. The summed E-state index contributed by atoms with van der Waals surface area (Å²) < 4.78 is 35.4. The van der Waals surface area contributed by atoms with Gasteiger partial charge in [-0.15, -0.1) is 0 Å². The van der Waals surface area contributed by atoms with Crippen LogP contribution in [0, 0.1) is 6.92 Å². The van der Waals surface area contributed by atoms with E-state index in [9.17, 15) is 13.2 Å². The molecule has 2 aromatic rings. The van der Waals surface area contributed by atoms with Crippen LogP contribution in [0.4, 0.5) is 5.69 Å². The normalized spacial score (nSPS) is 11.6. The smallest absolute Gasteiger partial charge is 0.239 e. The summed E-state index contributed by atoms with van der Waals surface area (Å²) in [5, 5.41) is 6.57. The molecular formula is C15H18ClN3O5S. The van der Waals surface area contributed by atoms with E-state index < -0.39 is 15.9 Å². The molecule has 136 valence electrons. The van der Waals surface area contributed by atoms with Crippen molar-refractivity contribution in [3.05, 3.63) is 40.7 Å². The van der Waals surface area contributed by atoms with Crippen molar-refractivity contribution in [2.75, 3.05) is 26.0 Å². The van der Waals surface area contributed by atoms with Crippen molar-refractivity contribution in [2.45, 2.75) is 12.7 Å². The predicted octanol–water partition coefficient (Wildman–Crippen LogP) is 2.05. The molecule has 1 aromatic heterocycles. The van der Waals surface area contributed by atoms with Gasteiger partial charge in [-0.2, -0.15) is 4.31 Å². The summed E-state index contributed by atoms with van der Waals surface area (Å²) in [6, 6.07) is 6.26. The van der Waals surface area contributed by atoms with E-state index in [0.717, 1.165) is 4.31 Å². The lowest BCUT2D eigenvalue weighted by atomic mass is 10.3. The minimum atomic E-state index is -3.70. The van der Waals surface area contributed by atoms with Crippen molar-refractivity contribution < 1.29 is 22.5 Å². The van der Waals surface area contributed by atoms with Crippen molar-refractivity contribution in [1.82, 2.24) is 9.46 Å². The van der Waals surface area contributed by atoms with Crippen molar-refractivity contribution >= 4 is 33.2 Å². The van der Waals surface area contributed by atoms with Crippen molar-refractivity contribution in [2.24, 2.45) is 0 Å². The second-order valence-electron chi connectivity index (χ2n) is 5.34. The van der Waals surface area contributed by atoms with Gasteiger partial charge in [0.05, 0.1) is 18.7 Å². The van der Waals surface area contributed by atoms with Gasteiger partial charge in [-0.3, -0.25) is 4.79 Å². The van der Waals surface area contributed by atoms with Gasteiger partial charge in [0.15, 0.2) is 0 Å². The number of ether oxygens (including phenoxy) is 1. The number of sulfonamides is 1. The van der Waals surface area contributed by atoms with E-state index in [0.29, 0.717) is 22.2 Å². The molecule has 0 fully saturated rings. The zero-order valence-electron chi connectivity index (χ0n) is 13.9. The molecule has 0 spiro atoms. The molecule has 1 heterocycles. The molecule has 0 saturated carbocycles. The standard InChI is InChI=1S/C15H18ClN3O5S/c1-10-6-12(18-24-10)9-25(21,22)19(2)8-15(20)17-11-4-5-14(23-3)13(16)7-11/h4-7H,8-9H2,1-3H3,(H,17,20). The molecule has 1 amide bonds. The average molecular weight is 388 g/mol. The number of nitrogens with zero attached hydrogens (tertiary/aromatic N) is 2. The molecule has 10 heteroatoms. The molecule has 0 aliphatic heterocycles. The van der Waals surface area contributed by atoms with E-state index in [1.807, 2.05) is 0 Å². The summed E-state index contributed by atoms with van der Waals surface area (Å²) in [7, 11) is -0.898. The predicted molar refractivity (Wildman–Crippen MR) is 93.1 cm³/mol. The molecule has 0 unspecified atom stereocenters. The zero-order chi connectivity index (χ0) is 18.6. The molecule has 0 saturated heterocycles. The summed E-state index contributed by atoms with van der Waals surface area (Å²) in [5.41, 5.74) is 0.723. The first kappa shape index (κ1) is 19.2. The summed E-state index contributed by atoms with van der Waals surface area (Å²) in [6.07, 6.45) is 0. The Labute approximate surface area is 150 Å². The second-order valence-corrected chi connectivity index (χ2v) is 7.82. The van der Waals surface area contributed by atoms with Crippen LogP contribution in [0.25, 0.3) is 0 Å². The van der Waals surface area contributed by atoms with Crippen LogP contribution in [0.15, 0.2) is 28.8 Å². The number of methoxy groups -OCH3 is 1. The number of benzene rings is 1. The van der Waals surface area contributed by atoms with E-state index in [2.05, 4.69) is 10.5 Å². The largest absolute Gasteiger partial charge is 0.495 e. The van der Waals surface area contributed by atoms with Crippen molar-refractivity contribution in [3.63, 3.8) is 0 Å². The topological polar surface area (TPSA) is 102 Å². The van der Waals surface area contributed by atoms with E-state index in [4.69, 9.17) is 20.9 Å². The Morgan fingerprint density at radius 1 is 1.40 bits per heavy atom. The first-order valence-corrected chi connectivity index (χ1v) is 9.19. The van der Waals surface area contributed by atoms with E-state index >= 15 is 0 Å². The quantitative estimate of drug-likeness (QED) is 0.780. The summed E-state index contributed by atoms with van der Waals surface area (Å²) in [4.78, 5) is 12.1. The Morgan fingerprint density at radius 3 is 2.68 bits per heavy atom. The van der Waals surface area contributed by atoms with E-state index in [1.54, 1.807) is 19.1 Å². The Balaban J connectivity index is 1.98. The van der Waals surface area contributed by atoms with Crippen molar-refractivity contribution in [1.29, 1.82) is 0 Å². The molecule has 1 N–H and O–H groups in total. The first-order valence-electron chi connectivity index (χ1n) is 7.21. The molecule has 8 nitrogen and oxygen atoms in total. The number of anilines is 1.